The van der Waals surface area contributed by atoms with Gasteiger partial charge in [0.1, 0.15) is 5.82 Å². The topological polar surface area (TPSA) is 55.1 Å². The maximum Gasteiger partial charge on any atom is 0.224 e. The SMILES string of the molecule is CC(C(=O)NCCCc1ccc(Br)cc1F)C(N)c1ccccc1.Cl. The van der Waals surface area contributed by atoms with Crippen molar-refractivity contribution in [1.29, 1.82) is 0 Å². The maximum atomic E-state index is 13.7. The maximum absolute atomic E-state index is 13.7. The Morgan fingerprint density at radius 1 is 1.24 bits per heavy atom. The molecule has 0 aromatic heterocycles. The summed E-state index contributed by atoms with van der Waals surface area (Å²) in [4.78, 5) is 12.2. The fraction of sp³-hybridized carbons (Fsp3) is 0.316. The molecule has 2 aromatic rings. The summed E-state index contributed by atoms with van der Waals surface area (Å²) >= 11 is 3.24. The van der Waals surface area contributed by atoms with Crippen LogP contribution >= 0.6 is 28.3 Å². The fourth-order valence-corrected chi connectivity index (χ4v) is 2.84. The third-order valence-electron chi connectivity index (χ3n) is 4.07. The van der Waals surface area contributed by atoms with Gasteiger partial charge in [-0.05, 0) is 36.1 Å². The van der Waals surface area contributed by atoms with E-state index in [9.17, 15) is 9.18 Å². The van der Waals surface area contributed by atoms with E-state index in [0.29, 0.717) is 24.9 Å². The van der Waals surface area contributed by atoms with Crippen LogP contribution in [0.25, 0.3) is 0 Å². The zero-order valence-corrected chi connectivity index (χ0v) is 16.4. The van der Waals surface area contributed by atoms with E-state index in [1.807, 2.05) is 43.3 Å². The lowest BCUT2D eigenvalue weighted by atomic mass is 9.94. The molecular weight excluding hydrogens is 407 g/mol. The highest BCUT2D eigenvalue weighted by atomic mass is 79.9. The van der Waals surface area contributed by atoms with Crippen molar-refractivity contribution in [1.82, 2.24) is 5.32 Å². The van der Waals surface area contributed by atoms with Crippen LogP contribution in [0.1, 0.15) is 30.5 Å². The smallest absolute Gasteiger partial charge is 0.224 e. The number of nitrogens with two attached hydrogens (primary N) is 1. The molecule has 1 amide bonds. The van der Waals surface area contributed by atoms with Crippen molar-refractivity contribution in [2.24, 2.45) is 11.7 Å². The van der Waals surface area contributed by atoms with Crippen LogP contribution in [0.3, 0.4) is 0 Å². The van der Waals surface area contributed by atoms with Crippen molar-refractivity contribution in [2.75, 3.05) is 6.54 Å². The van der Waals surface area contributed by atoms with Gasteiger partial charge in [-0.15, -0.1) is 12.4 Å². The molecule has 2 aromatic carbocycles. The summed E-state index contributed by atoms with van der Waals surface area (Å²) in [5, 5.41) is 2.88. The lowest BCUT2D eigenvalue weighted by Crippen LogP contribution is -2.36. The number of benzene rings is 2. The molecule has 0 aliphatic heterocycles. The van der Waals surface area contributed by atoms with Crippen LogP contribution in [0.2, 0.25) is 0 Å². The lowest BCUT2D eigenvalue weighted by molar-refractivity contribution is -0.125. The molecule has 0 fully saturated rings. The van der Waals surface area contributed by atoms with E-state index in [1.165, 1.54) is 6.07 Å². The molecule has 0 spiro atoms. The Balaban J connectivity index is 0.00000312. The molecule has 0 heterocycles. The van der Waals surface area contributed by atoms with Crippen LogP contribution in [-0.2, 0) is 11.2 Å². The summed E-state index contributed by atoms with van der Waals surface area (Å²) in [6.45, 7) is 2.32. The van der Waals surface area contributed by atoms with Gasteiger partial charge in [-0.1, -0.05) is 59.3 Å². The minimum absolute atomic E-state index is 0. The second-order valence-electron chi connectivity index (χ2n) is 5.86. The molecule has 0 saturated carbocycles. The minimum atomic E-state index is -0.338. The molecule has 2 unspecified atom stereocenters. The van der Waals surface area contributed by atoms with E-state index >= 15 is 0 Å². The first-order valence-electron chi connectivity index (χ1n) is 8.01. The van der Waals surface area contributed by atoms with Gasteiger partial charge in [0.2, 0.25) is 5.91 Å². The molecule has 6 heteroatoms. The Hall–Kier alpha value is -1.43. The summed E-state index contributed by atoms with van der Waals surface area (Å²) in [6, 6.07) is 14.3. The standard InChI is InChI=1S/C19H22BrFN2O.ClH/c1-13(18(22)15-6-3-2-4-7-15)19(24)23-11-5-8-14-9-10-16(20)12-17(14)21;/h2-4,6-7,9-10,12-13,18H,5,8,11,22H2,1H3,(H,23,24);1H. The van der Waals surface area contributed by atoms with Crippen molar-refractivity contribution in [3.05, 3.63) is 69.9 Å². The molecule has 0 radical (unpaired) electrons. The third-order valence-corrected chi connectivity index (χ3v) is 4.57. The number of hydrogen-bond acceptors (Lipinski definition) is 2. The van der Waals surface area contributed by atoms with E-state index in [-0.39, 0.29) is 36.1 Å². The number of carbonyl (C=O) groups excluding carboxylic acids is 1. The zero-order valence-electron chi connectivity index (χ0n) is 14.0. The van der Waals surface area contributed by atoms with Crippen molar-refractivity contribution < 1.29 is 9.18 Å². The van der Waals surface area contributed by atoms with Crippen molar-refractivity contribution in [3.63, 3.8) is 0 Å². The molecule has 0 saturated heterocycles. The van der Waals surface area contributed by atoms with Crippen LogP contribution in [-0.4, -0.2) is 12.5 Å². The summed E-state index contributed by atoms with van der Waals surface area (Å²) in [5.41, 5.74) is 7.75. The van der Waals surface area contributed by atoms with E-state index < -0.39 is 0 Å². The average molecular weight is 430 g/mol. The number of carbonyl (C=O) groups is 1. The first kappa shape index (κ1) is 21.6. The quantitative estimate of drug-likeness (QED) is 0.641. The second-order valence-corrected chi connectivity index (χ2v) is 6.77. The predicted molar refractivity (Wildman–Crippen MR) is 105 cm³/mol. The lowest BCUT2D eigenvalue weighted by Gasteiger charge is -2.19. The molecule has 3 N–H and O–H groups in total. The van der Waals surface area contributed by atoms with Gasteiger partial charge in [0.15, 0.2) is 0 Å². The monoisotopic (exact) mass is 428 g/mol. The highest BCUT2D eigenvalue weighted by Gasteiger charge is 2.21. The molecule has 25 heavy (non-hydrogen) atoms. The number of nitrogens with one attached hydrogen (secondary N) is 1. The Labute approximate surface area is 162 Å². The van der Waals surface area contributed by atoms with Crippen molar-refractivity contribution >= 4 is 34.2 Å². The number of rotatable bonds is 7. The number of halogens is 3. The van der Waals surface area contributed by atoms with E-state index in [4.69, 9.17) is 5.73 Å². The van der Waals surface area contributed by atoms with Gasteiger partial charge >= 0.3 is 0 Å². The van der Waals surface area contributed by atoms with Crippen molar-refractivity contribution in [2.45, 2.75) is 25.8 Å². The Morgan fingerprint density at radius 3 is 2.56 bits per heavy atom. The first-order chi connectivity index (χ1) is 11.5. The fourth-order valence-electron chi connectivity index (χ4n) is 2.50. The summed E-state index contributed by atoms with van der Waals surface area (Å²) < 4.78 is 14.4. The highest BCUT2D eigenvalue weighted by molar-refractivity contribution is 9.10. The normalized spacial score (nSPS) is 12.8. The van der Waals surface area contributed by atoms with Gasteiger partial charge in [0.25, 0.3) is 0 Å². The van der Waals surface area contributed by atoms with Crippen LogP contribution in [0, 0.1) is 11.7 Å². The summed E-state index contributed by atoms with van der Waals surface area (Å²) in [7, 11) is 0. The van der Waals surface area contributed by atoms with Crippen molar-refractivity contribution in [3.8, 4) is 0 Å². The zero-order chi connectivity index (χ0) is 17.5. The molecule has 0 aliphatic rings. The van der Waals surface area contributed by atoms with Crippen LogP contribution in [0.5, 0.6) is 0 Å². The Kier molecular flexibility index (Phi) is 9.11. The largest absolute Gasteiger partial charge is 0.356 e. The molecule has 0 bridgehead atoms. The van der Waals surface area contributed by atoms with Gasteiger partial charge < -0.3 is 11.1 Å². The Morgan fingerprint density at radius 2 is 1.92 bits per heavy atom. The number of hydrogen-bond donors (Lipinski definition) is 2. The third kappa shape index (κ3) is 6.42. The molecular formula is C19H23BrClFN2O. The number of aryl methyl sites for hydroxylation is 1. The molecule has 3 nitrogen and oxygen atoms in total. The molecule has 2 atom stereocenters. The summed E-state index contributed by atoms with van der Waals surface area (Å²) in [6.07, 6.45) is 1.26. The van der Waals surface area contributed by atoms with Crippen LogP contribution in [0.15, 0.2) is 53.0 Å². The van der Waals surface area contributed by atoms with Gasteiger partial charge in [0.05, 0.1) is 5.92 Å². The van der Waals surface area contributed by atoms with Gasteiger partial charge in [-0.3, -0.25) is 4.79 Å². The van der Waals surface area contributed by atoms with E-state index in [0.717, 1.165) is 10.0 Å². The predicted octanol–water partition coefficient (Wildman–Crippen LogP) is 4.39. The second kappa shape index (κ2) is 10.5. The Bertz CT molecular complexity index is 684. The highest BCUT2D eigenvalue weighted by Crippen LogP contribution is 2.19. The van der Waals surface area contributed by atoms with E-state index in [2.05, 4.69) is 21.2 Å². The first-order valence-corrected chi connectivity index (χ1v) is 8.80. The van der Waals surface area contributed by atoms with Gasteiger partial charge in [-0.2, -0.15) is 0 Å². The van der Waals surface area contributed by atoms with Gasteiger partial charge in [-0.25, -0.2) is 4.39 Å². The molecule has 2 rings (SSSR count). The number of amides is 1. The van der Waals surface area contributed by atoms with E-state index in [1.54, 1.807) is 6.07 Å². The van der Waals surface area contributed by atoms with Crippen LogP contribution in [0.4, 0.5) is 4.39 Å². The minimum Gasteiger partial charge on any atom is -0.356 e. The molecule has 0 aliphatic carbocycles. The summed E-state index contributed by atoms with van der Waals surface area (Å²) in [5.74, 6) is -0.630. The molecule has 136 valence electrons. The average Bonchev–Trinajstić information content (AvgIpc) is 2.59. The van der Waals surface area contributed by atoms with Crippen LogP contribution < -0.4 is 11.1 Å². The van der Waals surface area contributed by atoms with Gasteiger partial charge in [0, 0.05) is 17.1 Å².